The van der Waals surface area contributed by atoms with Gasteiger partial charge in [0.05, 0.1) is 12.6 Å². The molecule has 0 radical (unpaired) electrons. The molecule has 1 amide bonds. The number of nitrogens with one attached hydrogen (secondary N) is 1. The number of alkyl halides is 3. The van der Waals surface area contributed by atoms with E-state index in [0.29, 0.717) is 31.3 Å². The van der Waals surface area contributed by atoms with E-state index in [4.69, 9.17) is 10.5 Å². The van der Waals surface area contributed by atoms with Crippen molar-refractivity contribution >= 4 is 5.91 Å². The third-order valence-electron chi connectivity index (χ3n) is 3.32. The number of ether oxygens (including phenoxy) is 1. The van der Waals surface area contributed by atoms with Crippen LogP contribution in [0.3, 0.4) is 0 Å². The van der Waals surface area contributed by atoms with Crippen LogP contribution >= 0.6 is 0 Å². The summed E-state index contributed by atoms with van der Waals surface area (Å²) in [7, 11) is 0. The molecule has 4 nitrogen and oxygen atoms in total. The van der Waals surface area contributed by atoms with Gasteiger partial charge in [0.2, 0.25) is 5.91 Å². The van der Waals surface area contributed by atoms with Crippen molar-refractivity contribution in [2.45, 2.75) is 31.1 Å². The second-order valence-electron chi connectivity index (χ2n) is 4.90. The first-order valence-electron chi connectivity index (χ1n) is 6.12. The number of para-hydroxylation sites is 1. The molecule has 0 saturated heterocycles. The van der Waals surface area contributed by atoms with Crippen LogP contribution in [0.1, 0.15) is 24.9 Å². The molecule has 2 rings (SSSR count). The number of nitrogens with two attached hydrogens (primary N) is 1. The molecular formula is C13H15F3N2O2. The van der Waals surface area contributed by atoms with Gasteiger partial charge >= 0.3 is 6.18 Å². The van der Waals surface area contributed by atoms with Gasteiger partial charge in [0, 0.05) is 12.0 Å². The fraction of sp³-hybridized carbons (Fsp3) is 0.462. The van der Waals surface area contributed by atoms with Crippen molar-refractivity contribution in [2.24, 2.45) is 5.73 Å². The number of halogens is 3. The van der Waals surface area contributed by atoms with Gasteiger partial charge in [0.1, 0.15) is 5.75 Å². The van der Waals surface area contributed by atoms with Crippen LogP contribution in [-0.2, 0) is 4.79 Å². The summed E-state index contributed by atoms with van der Waals surface area (Å²) >= 11 is 0. The molecule has 2 unspecified atom stereocenters. The standard InChI is InChI=1S/C13H15F3N2O2/c1-12(17,13(14,15)16)11(19)18-9-6-7-20-10-5-3-2-4-8(9)10/h2-5,9H,6-7,17H2,1H3,(H,18,19). The fourth-order valence-corrected chi connectivity index (χ4v) is 1.93. The highest BCUT2D eigenvalue weighted by Crippen LogP contribution is 2.33. The van der Waals surface area contributed by atoms with Crippen LogP contribution in [0.15, 0.2) is 24.3 Å². The number of fused-ring (bicyclic) bond motifs is 1. The summed E-state index contributed by atoms with van der Waals surface area (Å²) in [6.45, 7) is 0.989. The topological polar surface area (TPSA) is 64.4 Å². The lowest BCUT2D eigenvalue weighted by atomic mass is 9.97. The molecule has 0 bridgehead atoms. The van der Waals surface area contributed by atoms with Crippen molar-refractivity contribution in [1.82, 2.24) is 5.32 Å². The van der Waals surface area contributed by atoms with Gasteiger partial charge in [-0.25, -0.2) is 0 Å². The first-order chi connectivity index (χ1) is 9.23. The van der Waals surface area contributed by atoms with Crippen LogP contribution in [0.5, 0.6) is 5.75 Å². The lowest BCUT2D eigenvalue weighted by molar-refractivity contribution is -0.187. The minimum atomic E-state index is -4.80. The van der Waals surface area contributed by atoms with Gasteiger partial charge in [-0.15, -0.1) is 0 Å². The van der Waals surface area contributed by atoms with E-state index in [-0.39, 0.29) is 0 Å². The highest BCUT2D eigenvalue weighted by Gasteiger charge is 2.54. The zero-order valence-corrected chi connectivity index (χ0v) is 10.8. The predicted molar refractivity (Wildman–Crippen MR) is 66.1 cm³/mol. The Hall–Kier alpha value is -1.76. The number of amides is 1. The summed E-state index contributed by atoms with van der Waals surface area (Å²) in [6.07, 6.45) is -4.40. The molecule has 0 spiro atoms. The van der Waals surface area contributed by atoms with E-state index in [1.807, 2.05) is 0 Å². The third kappa shape index (κ3) is 2.58. The maximum Gasteiger partial charge on any atom is 0.415 e. The maximum atomic E-state index is 12.7. The van der Waals surface area contributed by atoms with Gasteiger partial charge in [-0.05, 0) is 13.0 Å². The molecule has 2 atom stereocenters. The number of hydrogen-bond acceptors (Lipinski definition) is 3. The summed E-state index contributed by atoms with van der Waals surface area (Å²) in [4.78, 5) is 11.8. The van der Waals surface area contributed by atoms with Crippen LogP contribution < -0.4 is 15.8 Å². The summed E-state index contributed by atoms with van der Waals surface area (Å²) in [6, 6.07) is 6.38. The van der Waals surface area contributed by atoms with E-state index in [0.717, 1.165) is 0 Å². The number of benzene rings is 1. The van der Waals surface area contributed by atoms with Crippen LogP contribution in [0.25, 0.3) is 0 Å². The molecule has 0 fully saturated rings. The normalized spacial score (nSPS) is 21.4. The predicted octanol–water partition coefficient (Wildman–Crippen LogP) is 1.91. The number of carbonyl (C=O) groups is 1. The average Bonchev–Trinajstić information content (AvgIpc) is 2.37. The Morgan fingerprint density at radius 3 is 2.70 bits per heavy atom. The first-order valence-corrected chi connectivity index (χ1v) is 6.12. The SMILES string of the molecule is CC(N)(C(=O)NC1CCOc2ccccc21)C(F)(F)F. The van der Waals surface area contributed by atoms with E-state index < -0.39 is 23.7 Å². The molecule has 7 heteroatoms. The Morgan fingerprint density at radius 2 is 2.05 bits per heavy atom. The molecule has 0 saturated carbocycles. The molecule has 110 valence electrons. The van der Waals surface area contributed by atoms with Crippen LogP contribution in [0.2, 0.25) is 0 Å². The van der Waals surface area contributed by atoms with Gasteiger partial charge in [0.15, 0.2) is 5.54 Å². The van der Waals surface area contributed by atoms with Crippen LogP contribution in [0.4, 0.5) is 13.2 Å². The molecule has 1 aromatic rings. The van der Waals surface area contributed by atoms with E-state index in [1.165, 1.54) is 0 Å². The molecule has 1 aliphatic rings. The number of hydrogen-bond donors (Lipinski definition) is 2. The minimum Gasteiger partial charge on any atom is -0.493 e. The van der Waals surface area contributed by atoms with E-state index in [1.54, 1.807) is 24.3 Å². The number of carbonyl (C=O) groups excluding carboxylic acids is 1. The average molecular weight is 288 g/mol. The fourth-order valence-electron chi connectivity index (χ4n) is 1.93. The van der Waals surface area contributed by atoms with Gasteiger partial charge < -0.3 is 15.8 Å². The van der Waals surface area contributed by atoms with Gasteiger partial charge in [-0.3, -0.25) is 4.79 Å². The molecule has 20 heavy (non-hydrogen) atoms. The van der Waals surface area contributed by atoms with Crippen molar-refractivity contribution in [1.29, 1.82) is 0 Å². The highest BCUT2D eigenvalue weighted by molar-refractivity contribution is 5.87. The van der Waals surface area contributed by atoms with Crippen molar-refractivity contribution in [2.75, 3.05) is 6.61 Å². The third-order valence-corrected chi connectivity index (χ3v) is 3.32. The van der Waals surface area contributed by atoms with Crippen LogP contribution in [-0.4, -0.2) is 24.2 Å². The second-order valence-corrected chi connectivity index (χ2v) is 4.90. The Kier molecular flexibility index (Phi) is 3.64. The minimum absolute atomic E-state index is 0.329. The summed E-state index contributed by atoms with van der Waals surface area (Å²) < 4.78 is 43.6. The molecule has 1 heterocycles. The van der Waals surface area contributed by atoms with Gasteiger partial charge in [0.25, 0.3) is 0 Å². The van der Waals surface area contributed by atoms with Crippen molar-refractivity contribution in [3.05, 3.63) is 29.8 Å². The molecule has 0 aromatic heterocycles. The maximum absolute atomic E-state index is 12.7. The summed E-state index contributed by atoms with van der Waals surface area (Å²) in [5.41, 5.74) is 2.85. The zero-order valence-electron chi connectivity index (χ0n) is 10.8. The van der Waals surface area contributed by atoms with E-state index in [2.05, 4.69) is 5.32 Å². The highest BCUT2D eigenvalue weighted by atomic mass is 19.4. The summed E-state index contributed by atoms with van der Waals surface area (Å²) in [5, 5.41) is 2.36. The van der Waals surface area contributed by atoms with E-state index >= 15 is 0 Å². The molecule has 1 aromatic carbocycles. The zero-order chi connectivity index (χ0) is 15.0. The summed E-state index contributed by atoms with van der Waals surface area (Å²) in [5.74, 6) is -0.679. The van der Waals surface area contributed by atoms with Crippen molar-refractivity contribution in [3.8, 4) is 5.75 Å². The lowest BCUT2D eigenvalue weighted by Crippen LogP contribution is -2.61. The van der Waals surface area contributed by atoms with Crippen LogP contribution in [0, 0.1) is 0 Å². The smallest absolute Gasteiger partial charge is 0.415 e. The molecule has 3 N–H and O–H groups in total. The van der Waals surface area contributed by atoms with Crippen molar-refractivity contribution < 1.29 is 22.7 Å². The Balaban J connectivity index is 2.18. The molecule has 0 aliphatic carbocycles. The van der Waals surface area contributed by atoms with E-state index in [9.17, 15) is 18.0 Å². The second kappa shape index (κ2) is 4.97. The number of rotatable bonds is 2. The Morgan fingerprint density at radius 1 is 1.40 bits per heavy atom. The van der Waals surface area contributed by atoms with Gasteiger partial charge in [-0.1, -0.05) is 18.2 Å². The Labute approximate surface area is 114 Å². The largest absolute Gasteiger partial charge is 0.493 e. The Bertz CT molecular complexity index is 515. The quantitative estimate of drug-likeness (QED) is 0.873. The lowest BCUT2D eigenvalue weighted by Gasteiger charge is -2.31. The monoisotopic (exact) mass is 288 g/mol. The first kappa shape index (κ1) is 14.6. The van der Waals surface area contributed by atoms with Gasteiger partial charge in [-0.2, -0.15) is 13.2 Å². The molecule has 1 aliphatic heterocycles. The molecular weight excluding hydrogens is 273 g/mol. The van der Waals surface area contributed by atoms with Crippen molar-refractivity contribution in [3.63, 3.8) is 0 Å².